The van der Waals surface area contributed by atoms with Crippen LogP contribution in [0, 0.1) is 6.92 Å². The summed E-state index contributed by atoms with van der Waals surface area (Å²) >= 11 is 0. The third kappa shape index (κ3) is 1.89. The molecular weight excluding hydrogens is 193 g/mol. The van der Waals surface area contributed by atoms with E-state index in [2.05, 4.69) is 0 Å². The fraction of sp³-hybridized carbons (Fsp3) is 0.200. The minimum Gasteiger partial charge on any atom is -0.486 e. The molecule has 1 aliphatic rings. The Morgan fingerprint density at radius 3 is 2.71 bits per heavy atom. The molecule has 0 aliphatic carbocycles. The van der Waals surface area contributed by atoms with Gasteiger partial charge in [0.1, 0.15) is 12.9 Å². The number of ether oxygens (including phenoxy) is 1. The van der Waals surface area contributed by atoms with E-state index in [1.54, 1.807) is 0 Å². The van der Waals surface area contributed by atoms with E-state index >= 15 is 0 Å². The Morgan fingerprint density at radius 2 is 2.07 bits per heavy atom. The van der Waals surface area contributed by atoms with Gasteiger partial charge in [0, 0.05) is 20.3 Å². The molecule has 0 N–H and O–H groups in total. The maximum absolute atomic E-state index is 12.2. The van der Waals surface area contributed by atoms with Gasteiger partial charge >= 0.3 is 0 Å². The summed E-state index contributed by atoms with van der Waals surface area (Å²) in [4.78, 5) is 0. The Labute approximate surface area is 79.7 Å². The first kappa shape index (κ1) is 10.6. The summed E-state index contributed by atoms with van der Waals surface area (Å²) in [5.74, 6) is 0.355. The van der Waals surface area contributed by atoms with E-state index in [4.69, 9.17) is 13.9 Å². The van der Waals surface area contributed by atoms with Crippen LogP contribution in [-0.4, -0.2) is 0 Å². The molecule has 1 aliphatic heterocycles. The Bertz CT molecular complexity index is 347. The van der Waals surface area contributed by atoms with Crippen LogP contribution >= 0.6 is 0 Å². The van der Waals surface area contributed by atoms with Crippen LogP contribution in [0.15, 0.2) is 24.5 Å². The van der Waals surface area contributed by atoms with Crippen molar-refractivity contribution in [3.05, 3.63) is 41.2 Å². The molecule has 0 spiro atoms. The zero-order valence-corrected chi connectivity index (χ0v) is 7.56. The molecule has 0 saturated carbocycles. The van der Waals surface area contributed by atoms with Gasteiger partial charge in [-0.3, -0.25) is 0 Å². The summed E-state index contributed by atoms with van der Waals surface area (Å²) in [6.45, 7) is 2.47. The highest BCUT2D eigenvalue weighted by atomic mass is 20.0. The van der Waals surface area contributed by atoms with Crippen molar-refractivity contribution >= 4 is 5.76 Å². The van der Waals surface area contributed by atoms with E-state index in [0.29, 0.717) is 18.7 Å². The quantitative estimate of drug-likeness (QED) is 0.624. The number of hydrogen-bond donors (Lipinski definition) is 0. The maximum atomic E-state index is 12.2. The van der Waals surface area contributed by atoms with Crippen LogP contribution in [0.25, 0.3) is 5.76 Å². The van der Waals surface area contributed by atoms with Gasteiger partial charge in [-0.15, -0.1) is 0 Å². The van der Waals surface area contributed by atoms with E-state index in [9.17, 15) is 4.39 Å². The van der Waals surface area contributed by atoms with E-state index in [1.165, 1.54) is 0 Å². The third-order valence-electron chi connectivity index (χ3n) is 2.01. The molecule has 76 valence electrons. The fourth-order valence-electron chi connectivity index (χ4n) is 1.37. The number of hydrogen-bond acceptors (Lipinski definition) is 1. The molecule has 0 unspecified atom stereocenters. The Balaban J connectivity index is 0.000000461. The molecule has 1 heterocycles. The van der Waals surface area contributed by atoms with Gasteiger partial charge in [-0.25, -0.2) is 4.39 Å². The molecule has 0 aromatic heterocycles. The normalized spacial score (nSPS) is 15.6. The standard InChI is InChI=1S/C10H9FO.F2/c1-7-2-3-8-6-12-10(5-11)9(8)4-7;1-2/h2-5H,6H2,1H3;. The average Bonchev–Trinajstić information content (AvgIpc) is 2.63. The molecular formula is C10H9F3O. The second-order valence-electron chi connectivity index (χ2n) is 2.92. The highest BCUT2D eigenvalue weighted by Crippen LogP contribution is 2.30. The lowest BCUT2D eigenvalue weighted by Crippen LogP contribution is -1.81. The van der Waals surface area contributed by atoms with Gasteiger partial charge in [0.2, 0.25) is 0 Å². The van der Waals surface area contributed by atoms with Crippen molar-refractivity contribution in [1.29, 1.82) is 0 Å². The van der Waals surface area contributed by atoms with Gasteiger partial charge in [0.25, 0.3) is 0 Å². The Morgan fingerprint density at radius 1 is 1.36 bits per heavy atom. The van der Waals surface area contributed by atoms with Crippen molar-refractivity contribution in [2.24, 2.45) is 0 Å². The lowest BCUT2D eigenvalue weighted by Gasteiger charge is -1.97. The van der Waals surface area contributed by atoms with Crippen LogP contribution < -0.4 is 0 Å². The van der Waals surface area contributed by atoms with Gasteiger partial charge < -0.3 is 4.74 Å². The molecule has 0 amide bonds. The molecule has 1 nitrogen and oxygen atoms in total. The summed E-state index contributed by atoms with van der Waals surface area (Å²) in [5, 5.41) is 0. The van der Waals surface area contributed by atoms with Gasteiger partial charge in [-0.1, -0.05) is 17.7 Å². The summed E-state index contributed by atoms with van der Waals surface area (Å²) in [6, 6.07) is 5.91. The smallest absolute Gasteiger partial charge is 0.155 e. The molecule has 0 atom stereocenters. The molecule has 1 aromatic carbocycles. The lowest BCUT2D eigenvalue weighted by molar-refractivity contribution is 0.108. The minimum absolute atomic E-state index is 0.355. The molecule has 2 rings (SSSR count). The van der Waals surface area contributed by atoms with Gasteiger partial charge in [0.15, 0.2) is 5.76 Å². The summed E-state index contributed by atoms with van der Waals surface area (Å²) in [5.41, 5.74) is 3.07. The number of benzene rings is 1. The average molecular weight is 202 g/mol. The highest BCUT2D eigenvalue weighted by molar-refractivity contribution is 5.65. The molecule has 1 aromatic rings. The van der Waals surface area contributed by atoms with Crippen molar-refractivity contribution in [3.8, 4) is 0 Å². The topological polar surface area (TPSA) is 9.23 Å². The fourth-order valence-corrected chi connectivity index (χ4v) is 1.37. The van der Waals surface area contributed by atoms with Crippen molar-refractivity contribution in [2.75, 3.05) is 0 Å². The van der Waals surface area contributed by atoms with Crippen molar-refractivity contribution in [2.45, 2.75) is 13.5 Å². The largest absolute Gasteiger partial charge is 0.486 e. The maximum Gasteiger partial charge on any atom is 0.155 e. The molecule has 14 heavy (non-hydrogen) atoms. The number of halogens is 3. The predicted molar refractivity (Wildman–Crippen MR) is 47.3 cm³/mol. The number of aryl methyl sites for hydroxylation is 1. The second-order valence-corrected chi connectivity index (χ2v) is 2.92. The predicted octanol–water partition coefficient (Wildman–Crippen LogP) is 3.63. The van der Waals surface area contributed by atoms with Crippen molar-refractivity contribution in [1.82, 2.24) is 0 Å². The molecule has 0 radical (unpaired) electrons. The van der Waals surface area contributed by atoms with Crippen LogP contribution in [0.1, 0.15) is 16.7 Å². The second kappa shape index (κ2) is 4.69. The van der Waals surface area contributed by atoms with Crippen LogP contribution in [-0.2, 0) is 11.3 Å². The molecule has 0 bridgehead atoms. The third-order valence-corrected chi connectivity index (χ3v) is 2.01. The van der Waals surface area contributed by atoms with Crippen LogP contribution in [0.4, 0.5) is 13.5 Å². The van der Waals surface area contributed by atoms with Gasteiger partial charge in [-0.2, -0.15) is 0 Å². The van der Waals surface area contributed by atoms with E-state index in [-0.39, 0.29) is 0 Å². The molecule has 0 fully saturated rings. The SMILES string of the molecule is Cc1ccc2c(c1)C(=CF)OC2.FF. The van der Waals surface area contributed by atoms with Crippen LogP contribution in [0.3, 0.4) is 0 Å². The van der Waals surface area contributed by atoms with E-state index < -0.39 is 0 Å². The lowest BCUT2D eigenvalue weighted by atomic mass is 10.1. The van der Waals surface area contributed by atoms with E-state index in [1.807, 2.05) is 25.1 Å². The van der Waals surface area contributed by atoms with Crippen molar-refractivity contribution in [3.63, 3.8) is 0 Å². The van der Waals surface area contributed by atoms with E-state index in [0.717, 1.165) is 16.7 Å². The Hall–Kier alpha value is -1.45. The highest BCUT2D eigenvalue weighted by Gasteiger charge is 2.16. The minimum atomic E-state index is 0.355. The van der Waals surface area contributed by atoms with Gasteiger partial charge in [0.05, 0.1) is 0 Å². The number of rotatable bonds is 0. The molecule has 0 saturated heterocycles. The Kier molecular flexibility index (Phi) is 3.56. The van der Waals surface area contributed by atoms with Gasteiger partial charge in [-0.05, 0) is 13.0 Å². The summed E-state index contributed by atoms with van der Waals surface area (Å²) in [6.07, 6.45) is 0.519. The zero-order chi connectivity index (χ0) is 10.6. The van der Waals surface area contributed by atoms with Crippen LogP contribution in [0.5, 0.6) is 0 Å². The molecule has 4 heteroatoms. The monoisotopic (exact) mass is 202 g/mol. The van der Waals surface area contributed by atoms with Crippen LogP contribution in [0.2, 0.25) is 0 Å². The first-order valence-corrected chi connectivity index (χ1v) is 3.98. The zero-order valence-electron chi connectivity index (χ0n) is 7.56. The first-order valence-electron chi connectivity index (χ1n) is 3.98. The first-order chi connectivity index (χ1) is 6.81. The van der Waals surface area contributed by atoms with Crippen molar-refractivity contribution < 1.29 is 18.3 Å². The number of fused-ring (bicyclic) bond motifs is 1. The summed E-state index contributed by atoms with van der Waals surface area (Å²) in [7, 11) is 0. The summed E-state index contributed by atoms with van der Waals surface area (Å²) < 4.78 is 33.3.